The fourth-order valence-electron chi connectivity index (χ4n) is 2.55. The van der Waals surface area contributed by atoms with Gasteiger partial charge in [-0.25, -0.2) is 0 Å². The maximum atomic E-state index is 11.7. The lowest BCUT2D eigenvalue weighted by atomic mass is 10.0. The fourth-order valence-corrected chi connectivity index (χ4v) is 2.55. The van der Waals surface area contributed by atoms with Gasteiger partial charge in [0, 0.05) is 25.6 Å². The Morgan fingerprint density at radius 3 is 2.50 bits per heavy atom. The summed E-state index contributed by atoms with van der Waals surface area (Å²) in [5.74, 6) is 0.762. The van der Waals surface area contributed by atoms with Crippen molar-refractivity contribution in [1.29, 1.82) is 0 Å². The average Bonchev–Trinajstić information content (AvgIpc) is 2.83. The Bertz CT molecular complexity index is 237. The molecule has 2 N–H and O–H groups in total. The lowest BCUT2D eigenvalue weighted by molar-refractivity contribution is -0.121. The number of hydrogen-bond donors (Lipinski definition) is 2. The van der Waals surface area contributed by atoms with Gasteiger partial charge in [0.05, 0.1) is 0 Å². The molecule has 4 heteroatoms. The summed E-state index contributed by atoms with van der Waals surface area (Å²) < 4.78 is 0. The molecular formula is C14H29N3O. The molecule has 0 aromatic carbocycles. The van der Waals surface area contributed by atoms with Gasteiger partial charge in [0.25, 0.3) is 0 Å². The van der Waals surface area contributed by atoms with Crippen LogP contribution >= 0.6 is 0 Å². The second-order valence-electron chi connectivity index (χ2n) is 5.46. The van der Waals surface area contributed by atoms with Gasteiger partial charge in [-0.05, 0) is 38.4 Å². The van der Waals surface area contributed by atoms with E-state index in [-0.39, 0.29) is 5.91 Å². The normalized spacial score (nSPS) is 18.2. The Morgan fingerprint density at radius 2 is 1.94 bits per heavy atom. The van der Waals surface area contributed by atoms with Crippen molar-refractivity contribution < 1.29 is 4.79 Å². The van der Waals surface area contributed by atoms with Crippen LogP contribution in [0.25, 0.3) is 0 Å². The number of hydrogen-bond acceptors (Lipinski definition) is 3. The third-order valence-corrected chi connectivity index (χ3v) is 3.67. The first-order valence-corrected chi connectivity index (χ1v) is 7.36. The molecule has 0 radical (unpaired) electrons. The van der Waals surface area contributed by atoms with E-state index in [4.69, 9.17) is 0 Å². The number of likely N-dealkylation sites (tertiary alicyclic amines) is 1. The van der Waals surface area contributed by atoms with Crippen LogP contribution in [0.1, 0.15) is 40.0 Å². The maximum Gasteiger partial charge on any atom is 0.221 e. The molecule has 0 aliphatic carbocycles. The lowest BCUT2D eigenvalue weighted by Crippen LogP contribution is -2.45. The summed E-state index contributed by atoms with van der Waals surface area (Å²) in [6.07, 6.45) is 3.19. The summed E-state index contributed by atoms with van der Waals surface area (Å²) in [5, 5.41) is 6.25. The Morgan fingerprint density at radius 1 is 1.28 bits per heavy atom. The molecule has 1 rings (SSSR count). The van der Waals surface area contributed by atoms with Gasteiger partial charge in [0.2, 0.25) is 5.91 Å². The number of amides is 1. The second-order valence-corrected chi connectivity index (χ2v) is 5.46. The summed E-state index contributed by atoms with van der Waals surface area (Å²) in [5.41, 5.74) is 0. The molecule has 106 valence electrons. The van der Waals surface area contributed by atoms with Crippen LogP contribution in [0.15, 0.2) is 0 Å². The number of nitrogens with zero attached hydrogens (tertiary/aromatic N) is 1. The van der Waals surface area contributed by atoms with Gasteiger partial charge in [-0.2, -0.15) is 0 Å². The molecule has 0 saturated carbocycles. The highest BCUT2D eigenvalue weighted by atomic mass is 16.1. The molecule has 1 atom stereocenters. The van der Waals surface area contributed by atoms with E-state index in [0.29, 0.717) is 18.4 Å². The number of rotatable bonds is 8. The van der Waals surface area contributed by atoms with E-state index in [9.17, 15) is 4.79 Å². The molecule has 1 fully saturated rings. The predicted molar refractivity (Wildman–Crippen MR) is 75.6 cm³/mol. The summed E-state index contributed by atoms with van der Waals surface area (Å²) in [6.45, 7) is 11.4. The van der Waals surface area contributed by atoms with Crippen LogP contribution in [-0.2, 0) is 4.79 Å². The zero-order valence-corrected chi connectivity index (χ0v) is 12.2. The summed E-state index contributed by atoms with van der Waals surface area (Å²) in [7, 11) is 0. The van der Waals surface area contributed by atoms with Crippen molar-refractivity contribution in [2.45, 2.75) is 46.1 Å². The van der Waals surface area contributed by atoms with E-state index >= 15 is 0 Å². The van der Waals surface area contributed by atoms with Crippen LogP contribution in [-0.4, -0.2) is 49.6 Å². The van der Waals surface area contributed by atoms with E-state index in [0.717, 1.165) is 19.6 Å². The van der Waals surface area contributed by atoms with Crippen molar-refractivity contribution in [2.75, 3.05) is 32.7 Å². The summed E-state index contributed by atoms with van der Waals surface area (Å²) in [6, 6.07) is 0.496. The van der Waals surface area contributed by atoms with E-state index in [1.54, 1.807) is 0 Å². The summed E-state index contributed by atoms with van der Waals surface area (Å²) in [4.78, 5) is 14.2. The van der Waals surface area contributed by atoms with E-state index in [1.807, 2.05) is 0 Å². The van der Waals surface area contributed by atoms with Gasteiger partial charge in [0.15, 0.2) is 0 Å². The van der Waals surface area contributed by atoms with Crippen molar-refractivity contribution in [3.05, 3.63) is 0 Å². The first-order valence-electron chi connectivity index (χ1n) is 7.36. The molecule has 0 aromatic heterocycles. The number of nitrogens with one attached hydrogen (secondary N) is 2. The van der Waals surface area contributed by atoms with Crippen LogP contribution < -0.4 is 10.6 Å². The molecule has 1 aliphatic heterocycles. The first kappa shape index (κ1) is 15.4. The van der Waals surface area contributed by atoms with Crippen LogP contribution in [0.3, 0.4) is 0 Å². The summed E-state index contributed by atoms with van der Waals surface area (Å²) >= 11 is 0. The smallest absolute Gasteiger partial charge is 0.221 e. The maximum absolute atomic E-state index is 11.7. The largest absolute Gasteiger partial charge is 0.354 e. The minimum atomic E-state index is 0.167. The van der Waals surface area contributed by atoms with Crippen molar-refractivity contribution in [3.63, 3.8) is 0 Å². The van der Waals surface area contributed by atoms with Crippen LogP contribution in [0.2, 0.25) is 0 Å². The quantitative estimate of drug-likeness (QED) is 0.641. The lowest BCUT2D eigenvalue weighted by Gasteiger charge is -2.31. The molecule has 4 nitrogen and oxygen atoms in total. The molecule has 0 aromatic rings. The molecule has 1 aliphatic rings. The molecule has 0 spiro atoms. The molecule has 1 heterocycles. The fraction of sp³-hybridized carbons (Fsp3) is 0.929. The van der Waals surface area contributed by atoms with Crippen molar-refractivity contribution in [3.8, 4) is 0 Å². The highest BCUT2D eigenvalue weighted by Crippen LogP contribution is 2.17. The number of carbonyl (C=O) groups is 1. The topological polar surface area (TPSA) is 44.4 Å². The SMILES string of the molecule is CCNCCC(=O)NCC(C(C)C)N1CCCC1. The Kier molecular flexibility index (Phi) is 7.28. The zero-order valence-electron chi connectivity index (χ0n) is 12.2. The van der Waals surface area contributed by atoms with Crippen LogP contribution in [0, 0.1) is 5.92 Å². The Labute approximate surface area is 111 Å². The van der Waals surface area contributed by atoms with Crippen molar-refractivity contribution >= 4 is 5.91 Å². The van der Waals surface area contributed by atoms with E-state index < -0.39 is 0 Å². The molecule has 1 unspecified atom stereocenters. The molecular weight excluding hydrogens is 226 g/mol. The highest BCUT2D eigenvalue weighted by molar-refractivity contribution is 5.76. The van der Waals surface area contributed by atoms with E-state index in [1.165, 1.54) is 25.9 Å². The third kappa shape index (κ3) is 5.36. The molecule has 0 bridgehead atoms. The van der Waals surface area contributed by atoms with Crippen molar-refractivity contribution in [2.24, 2.45) is 5.92 Å². The highest BCUT2D eigenvalue weighted by Gasteiger charge is 2.24. The van der Waals surface area contributed by atoms with Gasteiger partial charge in [-0.3, -0.25) is 9.69 Å². The van der Waals surface area contributed by atoms with Gasteiger partial charge in [-0.15, -0.1) is 0 Å². The van der Waals surface area contributed by atoms with Gasteiger partial charge < -0.3 is 10.6 Å². The minimum absolute atomic E-state index is 0.167. The Hall–Kier alpha value is -0.610. The van der Waals surface area contributed by atoms with Gasteiger partial charge in [-0.1, -0.05) is 20.8 Å². The van der Waals surface area contributed by atoms with Gasteiger partial charge >= 0.3 is 0 Å². The first-order chi connectivity index (χ1) is 8.65. The predicted octanol–water partition coefficient (Wildman–Crippen LogP) is 1.22. The molecule has 18 heavy (non-hydrogen) atoms. The number of carbonyl (C=O) groups excluding carboxylic acids is 1. The molecule has 1 amide bonds. The minimum Gasteiger partial charge on any atom is -0.354 e. The van der Waals surface area contributed by atoms with Gasteiger partial charge in [0.1, 0.15) is 0 Å². The van der Waals surface area contributed by atoms with E-state index in [2.05, 4.69) is 36.3 Å². The van der Waals surface area contributed by atoms with Crippen LogP contribution in [0.4, 0.5) is 0 Å². The van der Waals surface area contributed by atoms with Crippen molar-refractivity contribution in [1.82, 2.24) is 15.5 Å². The standard InChI is InChI=1S/C14H29N3O/c1-4-15-8-7-14(18)16-11-13(12(2)3)17-9-5-6-10-17/h12-13,15H,4-11H2,1-3H3,(H,16,18). The average molecular weight is 255 g/mol. The third-order valence-electron chi connectivity index (χ3n) is 3.67. The zero-order chi connectivity index (χ0) is 13.4. The second kappa shape index (κ2) is 8.48. The Balaban J connectivity index is 2.26. The molecule has 1 saturated heterocycles. The van der Waals surface area contributed by atoms with Crippen LogP contribution in [0.5, 0.6) is 0 Å². The monoisotopic (exact) mass is 255 g/mol.